The van der Waals surface area contributed by atoms with Crippen LogP contribution in [0, 0.1) is 0 Å². The van der Waals surface area contributed by atoms with Crippen LogP contribution in [0.3, 0.4) is 0 Å². The third kappa shape index (κ3) is 1.46. The molecule has 4 heteroatoms. The van der Waals surface area contributed by atoms with E-state index in [0.29, 0.717) is 23.3 Å². The number of para-hydroxylation sites is 1. The molecule has 0 amide bonds. The van der Waals surface area contributed by atoms with Crippen molar-refractivity contribution in [2.75, 3.05) is 0 Å². The van der Waals surface area contributed by atoms with E-state index in [1.54, 1.807) is 0 Å². The van der Waals surface area contributed by atoms with Crippen LogP contribution in [0.4, 0.5) is 0 Å². The van der Waals surface area contributed by atoms with Crippen LogP contribution in [-0.4, -0.2) is 21.0 Å². The molecule has 90 valence electrons. The Labute approximate surface area is 108 Å². The molecule has 1 aromatic carbocycles. The predicted molar refractivity (Wildman–Crippen MR) is 72.8 cm³/mol. The van der Waals surface area contributed by atoms with Crippen molar-refractivity contribution < 1.29 is 4.79 Å². The van der Waals surface area contributed by atoms with Crippen LogP contribution in [-0.2, 0) is 0 Å². The molecule has 0 spiro atoms. The first kappa shape index (κ1) is 10.3. The molecule has 0 fully saturated rings. The summed E-state index contributed by atoms with van der Waals surface area (Å²) in [6, 6.07) is 9.77. The van der Waals surface area contributed by atoms with E-state index in [0.717, 1.165) is 16.3 Å². The Balaban J connectivity index is 2.19. The summed E-state index contributed by atoms with van der Waals surface area (Å²) in [5.41, 5.74) is 2.68. The van der Waals surface area contributed by atoms with Gasteiger partial charge in [0.05, 0.1) is 16.8 Å². The number of rotatable bonds is 0. The summed E-state index contributed by atoms with van der Waals surface area (Å²) >= 11 is 0. The minimum atomic E-state index is 0.0782. The van der Waals surface area contributed by atoms with E-state index in [2.05, 4.69) is 15.2 Å². The van der Waals surface area contributed by atoms with Crippen molar-refractivity contribution in [3.05, 3.63) is 47.7 Å². The van der Waals surface area contributed by atoms with Gasteiger partial charge in [-0.15, -0.1) is 10.2 Å². The van der Waals surface area contributed by atoms with Crippen molar-refractivity contribution in [2.24, 2.45) is 0 Å². The van der Waals surface area contributed by atoms with Crippen molar-refractivity contribution in [3.63, 3.8) is 0 Å². The number of Topliss-reactive ketones (excluding diaryl/α,β-unsaturated/α-hetero) is 1. The first-order chi connectivity index (χ1) is 9.33. The van der Waals surface area contributed by atoms with Crippen molar-refractivity contribution >= 4 is 33.8 Å². The van der Waals surface area contributed by atoms with Gasteiger partial charge in [0.1, 0.15) is 0 Å². The molecule has 0 saturated heterocycles. The summed E-state index contributed by atoms with van der Waals surface area (Å²) in [7, 11) is 0. The van der Waals surface area contributed by atoms with E-state index in [9.17, 15) is 4.79 Å². The third-order valence-electron chi connectivity index (χ3n) is 3.34. The topological polar surface area (TPSA) is 55.7 Å². The van der Waals surface area contributed by atoms with Gasteiger partial charge in [-0.05, 0) is 18.2 Å². The minimum Gasteiger partial charge on any atom is -0.294 e. The Hall–Kier alpha value is -2.62. The highest BCUT2D eigenvalue weighted by atomic mass is 16.1. The Morgan fingerprint density at radius 1 is 1.11 bits per heavy atom. The lowest BCUT2D eigenvalue weighted by molar-refractivity contribution is 0.0995. The summed E-state index contributed by atoms with van der Waals surface area (Å²) in [5.74, 6) is 0.0782. The molecule has 3 aromatic rings. The maximum absolute atomic E-state index is 12.1. The first-order valence-electron chi connectivity index (χ1n) is 6.09. The molecule has 0 atom stereocenters. The number of ketones is 1. The SMILES string of the molecule is O=C1CC=Cc2nnc3nc4ccccc4cc3c21. The van der Waals surface area contributed by atoms with Gasteiger partial charge in [-0.2, -0.15) is 0 Å². The highest BCUT2D eigenvalue weighted by molar-refractivity contribution is 6.12. The number of carbonyl (C=O) groups excluding carboxylic acids is 1. The number of benzene rings is 1. The van der Waals surface area contributed by atoms with Gasteiger partial charge in [0, 0.05) is 17.2 Å². The zero-order chi connectivity index (χ0) is 12.8. The van der Waals surface area contributed by atoms with Gasteiger partial charge in [-0.1, -0.05) is 24.3 Å². The van der Waals surface area contributed by atoms with Gasteiger partial charge in [0.2, 0.25) is 0 Å². The molecule has 0 unspecified atom stereocenters. The van der Waals surface area contributed by atoms with Gasteiger partial charge in [-0.25, -0.2) is 4.98 Å². The van der Waals surface area contributed by atoms with E-state index in [1.807, 2.05) is 42.5 Å². The average Bonchev–Trinajstić information content (AvgIpc) is 2.45. The molecule has 0 saturated carbocycles. The van der Waals surface area contributed by atoms with Gasteiger partial charge in [0.15, 0.2) is 11.4 Å². The van der Waals surface area contributed by atoms with Crippen LogP contribution in [0.1, 0.15) is 22.5 Å². The molecule has 0 bridgehead atoms. The molecule has 1 aliphatic rings. The molecule has 0 aliphatic heterocycles. The van der Waals surface area contributed by atoms with E-state index in [4.69, 9.17) is 0 Å². The number of fused-ring (bicyclic) bond motifs is 4. The molecule has 2 aromatic heterocycles. The van der Waals surface area contributed by atoms with Crippen LogP contribution in [0.25, 0.3) is 28.0 Å². The second kappa shape index (κ2) is 3.68. The van der Waals surface area contributed by atoms with Crippen molar-refractivity contribution in [1.29, 1.82) is 0 Å². The Morgan fingerprint density at radius 3 is 2.95 bits per heavy atom. The zero-order valence-electron chi connectivity index (χ0n) is 10.00. The van der Waals surface area contributed by atoms with E-state index in [1.165, 1.54) is 0 Å². The lowest BCUT2D eigenvalue weighted by atomic mass is 9.97. The van der Waals surface area contributed by atoms with Gasteiger partial charge < -0.3 is 0 Å². The van der Waals surface area contributed by atoms with E-state index >= 15 is 0 Å². The second-order valence-electron chi connectivity index (χ2n) is 4.54. The monoisotopic (exact) mass is 247 g/mol. The maximum Gasteiger partial charge on any atom is 0.183 e. The molecular weight excluding hydrogens is 238 g/mol. The van der Waals surface area contributed by atoms with E-state index < -0.39 is 0 Å². The number of hydrogen-bond acceptors (Lipinski definition) is 4. The fourth-order valence-electron chi connectivity index (χ4n) is 2.44. The quantitative estimate of drug-likeness (QED) is 0.573. The fourth-order valence-corrected chi connectivity index (χ4v) is 2.44. The van der Waals surface area contributed by atoms with E-state index in [-0.39, 0.29) is 5.78 Å². The van der Waals surface area contributed by atoms with Crippen LogP contribution >= 0.6 is 0 Å². The van der Waals surface area contributed by atoms with Crippen LogP contribution < -0.4 is 0 Å². The maximum atomic E-state index is 12.1. The molecular formula is C15H9N3O. The van der Waals surface area contributed by atoms with Crippen LogP contribution in [0.15, 0.2) is 36.4 Å². The number of pyridine rings is 1. The third-order valence-corrected chi connectivity index (χ3v) is 3.34. The fraction of sp³-hybridized carbons (Fsp3) is 0.0667. The second-order valence-corrected chi connectivity index (χ2v) is 4.54. The Kier molecular flexibility index (Phi) is 2.00. The van der Waals surface area contributed by atoms with Crippen molar-refractivity contribution in [3.8, 4) is 0 Å². The molecule has 4 nitrogen and oxygen atoms in total. The summed E-state index contributed by atoms with van der Waals surface area (Å²) < 4.78 is 0. The zero-order valence-corrected chi connectivity index (χ0v) is 10.00. The predicted octanol–water partition coefficient (Wildman–Crippen LogP) is 2.78. The number of hydrogen-bond donors (Lipinski definition) is 0. The number of allylic oxidation sites excluding steroid dienone is 1. The number of aromatic nitrogens is 3. The molecule has 2 heterocycles. The van der Waals surface area contributed by atoms with Crippen molar-refractivity contribution in [1.82, 2.24) is 15.2 Å². The number of nitrogens with zero attached hydrogens (tertiary/aromatic N) is 3. The molecule has 0 radical (unpaired) electrons. The van der Waals surface area contributed by atoms with Crippen molar-refractivity contribution in [2.45, 2.75) is 6.42 Å². The first-order valence-corrected chi connectivity index (χ1v) is 6.09. The molecule has 19 heavy (non-hydrogen) atoms. The summed E-state index contributed by atoms with van der Waals surface area (Å²) in [6.07, 6.45) is 4.08. The van der Waals surface area contributed by atoms with Crippen LogP contribution in [0.5, 0.6) is 0 Å². The van der Waals surface area contributed by atoms with Gasteiger partial charge >= 0.3 is 0 Å². The molecule has 4 rings (SSSR count). The smallest absolute Gasteiger partial charge is 0.183 e. The standard InChI is InChI=1S/C15H9N3O/c19-13-7-3-6-12-14(13)10-8-9-4-1-2-5-11(9)16-15(10)18-17-12/h1-6,8H,7H2. The highest BCUT2D eigenvalue weighted by Crippen LogP contribution is 2.26. The lowest BCUT2D eigenvalue weighted by Crippen LogP contribution is -2.09. The van der Waals surface area contributed by atoms with Crippen LogP contribution in [0.2, 0.25) is 0 Å². The Bertz CT molecular complexity index is 868. The lowest BCUT2D eigenvalue weighted by Gasteiger charge is -2.10. The average molecular weight is 247 g/mol. The largest absolute Gasteiger partial charge is 0.294 e. The summed E-state index contributed by atoms with van der Waals surface area (Å²) in [6.45, 7) is 0. The summed E-state index contributed by atoms with van der Waals surface area (Å²) in [5, 5.41) is 10.00. The molecule has 0 N–H and O–H groups in total. The minimum absolute atomic E-state index is 0.0782. The van der Waals surface area contributed by atoms with Gasteiger partial charge in [-0.3, -0.25) is 4.79 Å². The Morgan fingerprint density at radius 2 is 2.00 bits per heavy atom. The summed E-state index contributed by atoms with van der Waals surface area (Å²) in [4.78, 5) is 16.6. The highest BCUT2D eigenvalue weighted by Gasteiger charge is 2.19. The molecule has 1 aliphatic carbocycles. The number of carbonyl (C=O) groups is 1. The normalized spacial score (nSPS) is 14.0. The van der Waals surface area contributed by atoms with Gasteiger partial charge in [0.25, 0.3) is 0 Å².